The molecule has 0 aromatic heterocycles. The van der Waals surface area contributed by atoms with E-state index < -0.39 is 23.3 Å². The van der Waals surface area contributed by atoms with Gasteiger partial charge < -0.3 is 20.1 Å². The quantitative estimate of drug-likeness (QED) is 0.312. The SMILES string of the molecule is CC(=O)OCCOc1ccc(C)cc1[C@H]1NC(=O)C[C@@H](c2cccc(Cl)c2)[C@]12C(=O)Nc1cc(Cl)ccc12. The van der Waals surface area contributed by atoms with Crippen molar-refractivity contribution < 1.29 is 23.9 Å². The zero-order valence-electron chi connectivity index (χ0n) is 20.8. The predicted molar refractivity (Wildman–Crippen MR) is 145 cm³/mol. The number of nitrogens with one attached hydrogen (secondary N) is 2. The zero-order valence-corrected chi connectivity index (χ0v) is 22.4. The van der Waals surface area contributed by atoms with Gasteiger partial charge in [0.15, 0.2) is 0 Å². The fraction of sp³-hybridized carbons (Fsp3) is 0.276. The second-order valence-corrected chi connectivity index (χ2v) is 10.4. The average Bonchev–Trinajstić information content (AvgIpc) is 3.14. The fourth-order valence-corrected chi connectivity index (χ4v) is 6.00. The lowest BCUT2D eigenvalue weighted by Crippen LogP contribution is -2.56. The van der Waals surface area contributed by atoms with Crippen LogP contribution < -0.4 is 15.4 Å². The van der Waals surface area contributed by atoms with E-state index in [9.17, 15) is 14.4 Å². The van der Waals surface area contributed by atoms with Gasteiger partial charge >= 0.3 is 5.97 Å². The number of amides is 2. The Bertz CT molecular complexity index is 1440. The fourth-order valence-electron chi connectivity index (χ4n) is 5.63. The van der Waals surface area contributed by atoms with Gasteiger partial charge in [-0.2, -0.15) is 0 Å². The third-order valence-corrected chi connectivity index (χ3v) is 7.59. The monoisotopic (exact) mass is 552 g/mol. The maximum absolute atomic E-state index is 14.2. The van der Waals surface area contributed by atoms with Gasteiger partial charge in [-0.05, 0) is 48.4 Å². The van der Waals surface area contributed by atoms with Crippen molar-refractivity contribution in [2.75, 3.05) is 18.5 Å². The summed E-state index contributed by atoms with van der Waals surface area (Å²) in [5.41, 5.74) is 2.46. The van der Waals surface area contributed by atoms with Crippen LogP contribution in [0.25, 0.3) is 0 Å². The Hall–Kier alpha value is -3.55. The number of fused-ring (bicyclic) bond motifs is 2. The van der Waals surface area contributed by atoms with E-state index in [1.54, 1.807) is 30.3 Å². The van der Waals surface area contributed by atoms with Gasteiger partial charge in [0.05, 0.1) is 6.04 Å². The molecule has 7 nitrogen and oxygen atoms in total. The number of hydrogen-bond acceptors (Lipinski definition) is 5. The molecule has 9 heteroatoms. The maximum atomic E-state index is 14.2. The molecule has 2 amide bonds. The first-order valence-corrected chi connectivity index (χ1v) is 13.0. The van der Waals surface area contributed by atoms with Gasteiger partial charge in [-0.1, -0.05) is 59.1 Å². The number of aryl methyl sites for hydroxylation is 1. The Morgan fingerprint density at radius 2 is 1.82 bits per heavy atom. The zero-order chi connectivity index (χ0) is 27.0. The second kappa shape index (κ2) is 10.3. The standard InChI is InChI=1S/C29H26Cl2N2O5/c1-16-6-9-25(38-11-10-37-17(2)34)21(12-16)27-29(22-8-7-20(31)14-24(22)32-28(29)36)23(15-26(35)33-27)18-4-3-5-19(30)13-18/h3-9,12-14,23,27H,10-11,15H2,1-2H3,(H,32,36)(H,33,35)/t23-,27+,29-/m0/s1. The third kappa shape index (κ3) is 4.61. The first-order chi connectivity index (χ1) is 18.2. The van der Waals surface area contributed by atoms with Crippen LogP contribution in [0.5, 0.6) is 5.75 Å². The summed E-state index contributed by atoms with van der Waals surface area (Å²) in [5, 5.41) is 7.13. The highest BCUT2D eigenvalue weighted by atomic mass is 35.5. The summed E-state index contributed by atoms with van der Waals surface area (Å²) >= 11 is 12.7. The van der Waals surface area contributed by atoms with E-state index in [1.807, 2.05) is 37.3 Å². The largest absolute Gasteiger partial charge is 0.490 e. The number of hydrogen-bond donors (Lipinski definition) is 2. The van der Waals surface area contributed by atoms with Crippen molar-refractivity contribution in [2.45, 2.75) is 37.6 Å². The molecule has 2 N–H and O–H groups in total. The van der Waals surface area contributed by atoms with Crippen LogP contribution in [-0.2, 0) is 24.5 Å². The highest BCUT2D eigenvalue weighted by molar-refractivity contribution is 6.31. The van der Waals surface area contributed by atoms with Gasteiger partial charge in [0, 0.05) is 40.6 Å². The molecule has 1 saturated heterocycles. The molecule has 0 bridgehead atoms. The van der Waals surface area contributed by atoms with Crippen molar-refractivity contribution in [1.29, 1.82) is 0 Å². The summed E-state index contributed by atoms with van der Waals surface area (Å²) in [6.07, 6.45) is 0.0841. The highest BCUT2D eigenvalue weighted by Gasteiger charge is 2.61. The van der Waals surface area contributed by atoms with Gasteiger partial charge in [0.1, 0.15) is 24.4 Å². The summed E-state index contributed by atoms with van der Waals surface area (Å²) in [6, 6.07) is 17.4. The Morgan fingerprint density at radius 1 is 1.03 bits per heavy atom. The Morgan fingerprint density at radius 3 is 2.58 bits per heavy atom. The average molecular weight is 553 g/mol. The van der Waals surface area contributed by atoms with Crippen molar-refractivity contribution in [3.8, 4) is 5.75 Å². The molecule has 2 heterocycles. The molecule has 3 aromatic rings. The van der Waals surface area contributed by atoms with E-state index in [1.165, 1.54) is 6.92 Å². The first-order valence-electron chi connectivity index (χ1n) is 12.2. The second-order valence-electron chi connectivity index (χ2n) is 9.56. The predicted octanol–water partition coefficient (Wildman–Crippen LogP) is 5.48. The molecule has 0 saturated carbocycles. The number of carbonyl (C=O) groups is 3. The summed E-state index contributed by atoms with van der Waals surface area (Å²) in [5.74, 6) is -0.907. The third-order valence-electron chi connectivity index (χ3n) is 7.12. The Labute approximate surface area is 230 Å². The maximum Gasteiger partial charge on any atom is 0.302 e. The van der Waals surface area contributed by atoms with Crippen LogP contribution >= 0.6 is 23.2 Å². The van der Waals surface area contributed by atoms with Crippen LogP contribution in [0, 0.1) is 6.92 Å². The van der Waals surface area contributed by atoms with Crippen LogP contribution in [0.1, 0.15) is 47.6 Å². The lowest BCUT2D eigenvalue weighted by molar-refractivity contribution is -0.141. The molecule has 3 atom stereocenters. The number of rotatable bonds is 6. The van der Waals surface area contributed by atoms with Crippen molar-refractivity contribution in [3.63, 3.8) is 0 Å². The van der Waals surface area contributed by atoms with Crippen molar-refractivity contribution in [3.05, 3.63) is 93.0 Å². The number of halogens is 2. The number of carbonyl (C=O) groups excluding carboxylic acids is 3. The minimum atomic E-state index is -1.22. The van der Waals surface area contributed by atoms with E-state index in [0.29, 0.717) is 27.0 Å². The van der Waals surface area contributed by atoms with E-state index in [-0.39, 0.29) is 31.4 Å². The number of piperidine rings is 1. The minimum Gasteiger partial charge on any atom is -0.490 e. The Balaban J connectivity index is 1.71. The smallest absolute Gasteiger partial charge is 0.302 e. The van der Waals surface area contributed by atoms with E-state index in [4.69, 9.17) is 32.7 Å². The van der Waals surface area contributed by atoms with Gasteiger partial charge in [-0.15, -0.1) is 0 Å². The van der Waals surface area contributed by atoms with Gasteiger partial charge in [0.2, 0.25) is 11.8 Å². The lowest BCUT2D eigenvalue weighted by atomic mass is 9.59. The number of anilines is 1. The molecular formula is C29H26Cl2N2O5. The normalized spacial score (nSPS) is 22.0. The molecule has 196 valence electrons. The molecule has 2 aliphatic heterocycles. The van der Waals surface area contributed by atoms with Crippen LogP contribution in [-0.4, -0.2) is 31.0 Å². The molecule has 1 fully saturated rings. The topological polar surface area (TPSA) is 93.7 Å². The van der Waals surface area contributed by atoms with Crippen LogP contribution in [0.15, 0.2) is 60.7 Å². The summed E-state index contributed by atoms with van der Waals surface area (Å²) < 4.78 is 11.1. The van der Waals surface area contributed by atoms with Crippen LogP contribution in [0.4, 0.5) is 5.69 Å². The molecule has 1 spiro atoms. The lowest BCUT2D eigenvalue weighted by Gasteiger charge is -2.46. The Kier molecular flexibility index (Phi) is 7.07. The molecular weight excluding hydrogens is 527 g/mol. The highest BCUT2D eigenvalue weighted by Crippen LogP contribution is 2.58. The first kappa shape index (κ1) is 26.1. The number of esters is 1. The molecule has 0 unspecified atom stereocenters. The summed E-state index contributed by atoms with van der Waals surface area (Å²) in [7, 11) is 0. The van der Waals surface area contributed by atoms with Gasteiger partial charge in [0.25, 0.3) is 0 Å². The van der Waals surface area contributed by atoms with Crippen molar-refractivity contribution >= 4 is 46.7 Å². The van der Waals surface area contributed by atoms with Crippen molar-refractivity contribution in [1.82, 2.24) is 5.32 Å². The molecule has 2 aliphatic rings. The summed E-state index contributed by atoms with van der Waals surface area (Å²) in [6.45, 7) is 3.44. The van der Waals surface area contributed by atoms with Gasteiger partial charge in [-0.3, -0.25) is 14.4 Å². The number of ether oxygens (including phenoxy) is 2. The van der Waals surface area contributed by atoms with E-state index >= 15 is 0 Å². The van der Waals surface area contributed by atoms with Crippen molar-refractivity contribution in [2.24, 2.45) is 0 Å². The molecule has 0 radical (unpaired) electrons. The molecule has 3 aromatic carbocycles. The van der Waals surface area contributed by atoms with Gasteiger partial charge in [-0.25, -0.2) is 0 Å². The molecule has 38 heavy (non-hydrogen) atoms. The molecule has 0 aliphatic carbocycles. The van der Waals surface area contributed by atoms with Crippen LogP contribution in [0.3, 0.4) is 0 Å². The number of benzene rings is 3. The van der Waals surface area contributed by atoms with E-state index in [2.05, 4.69) is 10.6 Å². The summed E-state index contributed by atoms with van der Waals surface area (Å²) in [4.78, 5) is 38.6. The van der Waals surface area contributed by atoms with Crippen LogP contribution in [0.2, 0.25) is 10.0 Å². The molecule has 5 rings (SSSR count). The minimum absolute atomic E-state index is 0.0672. The van der Waals surface area contributed by atoms with E-state index in [0.717, 1.165) is 16.7 Å².